The number of rotatable bonds is 19. The first-order chi connectivity index (χ1) is 12.6. The van der Waals surface area contributed by atoms with Crippen LogP contribution in [0.25, 0.3) is 0 Å². The van der Waals surface area contributed by atoms with Crippen molar-refractivity contribution in [2.75, 3.05) is 6.61 Å². The van der Waals surface area contributed by atoms with E-state index < -0.39 is 0 Å². The van der Waals surface area contributed by atoms with Crippen LogP contribution in [0.1, 0.15) is 131 Å². The van der Waals surface area contributed by atoms with Crippen LogP contribution in [0.4, 0.5) is 0 Å². The molecule has 0 aromatic rings. The summed E-state index contributed by atoms with van der Waals surface area (Å²) in [5, 5.41) is 9.84. The van der Waals surface area contributed by atoms with Crippen molar-refractivity contribution in [3.8, 4) is 0 Å². The van der Waals surface area contributed by atoms with Crippen molar-refractivity contribution in [2.24, 2.45) is 23.7 Å². The van der Waals surface area contributed by atoms with Crippen LogP contribution in [0.5, 0.6) is 0 Å². The van der Waals surface area contributed by atoms with Gasteiger partial charge in [0.25, 0.3) is 0 Å². The van der Waals surface area contributed by atoms with Crippen LogP contribution in [0.3, 0.4) is 0 Å². The van der Waals surface area contributed by atoms with E-state index in [0.717, 1.165) is 11.8 Å². The Balaban J connectivity index is 4.31. The third kappa shape index (κ3) is 13.2. The predicted octanol–water partition coefficient (Wildman–Crippen LogP) is 8.39. The molecule has 0 aliphatic carbocycles. The molecule has 0 amide bonds. The maximum atomic E-state index is 9.84. The van der Waals surface area contributed by atoms with Gasteiger partial charge in [0.2, 0.25) is 0 Å². The van der Waals surface area contributed by atoms with Gasteiger partial charge in [-0.05, 0) is 30.1 Å². The van der Waals surface area contributed by atoms with Crippen molar-refractivity contribution in [3.63, 3.8) is 0 Å². The van der Waals surface area contributed by atoms with Gasteiger partial charge < -0.3 is 5.11 Å². The highest BCUT2D eigenvalue weighted by Gasteiger charge is 2.20. The summed E-state index contributed by atoms with van der Waals surface area (Å²) in [7, 11) is 0. The Bertz CT molecular complexity index is 275. The topological polar surface area (TPSA) is 20.2 Å². The van der Waals surface area contributed by atoms with E-state index in [4.69, 9.17) is 0 Å². The van der Waals surface area contributed by atoms with Crippen LogP contribution in [-0.4, -0.2) is 11.7 Å². The molecule has 26 heavy (non-hydrogen) atoms. The number of aliphatic hydroxyl groups is 1. The Hall–Kier alpha value is -0.0400. The van der Waals surface area contributed by atoms with Crippen molar-refractivity contribution >= 4 is 0 Å². The first-order valence-electron chi connectivity index (χ1n) is 12.2. The van der Waals surface area contributed by atoms with Crippen LogP contribution in [0.15, 0.2) is 0 Å². The molecule has 0 saturated carbocycles. The fraction of sp³-hybridized carbons (Fsp3) is 1.00. The van der Waals surface area contributed by atoms with Crippen molar-refractivity contribution in [1.82, 2.24) is 0 Å². The number of unbranched alkanes of at least 4 members (excludes halogenated alkanes) is 6. The smallest absolute Gasteiger partial charge is 0.0461 e. The molecule has 0 aromatic carbocycles. The molecule has 0 aliphatic rings. The third-order valence-electron chi connectivity index (χ3n) is 6.70. The largest absolute Gasteiger partial charge is 0.396 e. The quantitative estimate of drug-likeness (QED) is 0.227. The molecule has 0 spiro atoms. The highest BCUT2D eigenvalue weighted by atomic mass is 16.3. The van der Waals surface area contributed by atoms with E-state index in [1.165, 1.54) is 96.3 Å². The summed E-state index contributed by atoms with van der Waals surface area (Å²) in [5.41, 5.74) is 0. The molecule has 4 unspecified atom stereocenters. The molecule has 0 fully saturated rings. The summed E-state index contributed by atoms with van der Waals surface area (Å²) < 4.78 is 0. The minimum atomic E-state index is 0.389. The molecule has 0 saturated heterocycles. The van der Waals surface area contributed by atoms with Gasteiger partial charge in [0, 0.05) is 6.61 Å². The molecule has 1 nitrogen and oxygen atoms in total. The van der Waals surface area contributed by atoms with Gasteiger partial charge in [-0.1, -0.05) is 125 Å². The van der Waals surface area contributed by atoms with Crippen LogP contribution in [-0.2, 0) is 0 Å². The molecule has 0 radical (unpaired) electrons. The Labute approximate surface area is 166 Å². The van der Waals surface area contributed by atoms with E-state index in [-0.39, 0.29) is 0 Å². The Morgan fingerprint density at radius 1 is 0.500 bits per heavy atom. The van der Waals surface area contributed by atoms with Gasteiger partial charge in [-0.25, -0.2) is 0 Å². The fourth-order valence-corrected chi connectivity index (χ4v) is 4.47. The second-order valence-corrected chi connectivity index (χ2v) is 9.08. The third-order valence-corrected chi connectivity index (χ3v) is 6.70. The van der Waals surface area contributed by atoms with E-state index in [9.17, 15) is 5.11 Å². The van der Waals surface area contributed by atoms with Crippen LogP contribution >= 0.6 is 0 Å². The zero-order valence-corrected chi connectivity index (χ0v) is 19.1. The average molecular weight is 369 g/mol. The molecular weight excluding hydrogens is 316 g/mol. The maximum absolute atomic E-state index is 9.84. The molecule has 0 rings (SSSR count). The molecule has 0 aliphatic heterocycles. The van der Waals surface area contributed by atoms with E-state index in [2.05, 4.69) is 34.6 Å². The minimum absolute atomic E-state index is 0.389. The van der Waals surface area contributed by atoms with Gasteiger partial charge in [-0.3, -0.25) is 0 Å². The highest BCUT2D eigenvalue weighted by molar-refractivity contribution is 4.71. The van der Waals surface area contributed by atoms with Crippen LogP contribution < -0.4 is 0 Å². The van der Waals surface area contributed by atoms with Gasteiger partial charge in [0.1, 0.15) is 0 Å². The summed E-state index contributed by atoms with van der Waals surface area (Å²) in [5.74, 6) is 3.01. The lowest BCUT2D eigenvalue weighted by molar-refractivity contribution is 0.159. The van der Waals surface area contributed by atoms with Gasteiger partial charge in [-0.15, -0.1) is 0 Å². The first-order valence-corrected chi connectivity index (χ1v) is 12.2. The zero-order chi connectivity index (χ0) is 19.6. The van der Waals surface area contributed by atoms with Gasteiger partial charge in [-0.2, -0.15) is 0 Å². The summed E-state index contributed by atoms with van der Waals surface area (Å²) in [6.07, 6.45) is 20.3. The van der Waals surface area contributed by atoms with Crippen LogP contribution in [0, 0.1) is 23.7 Å². The average Bonchev–Trinajstić information content (AvgIpc) is 2.64. The van der Waals surface area contributed by atoms with Crippen molar-refractivity contribution in [2.45, 2.75) is 131 Å². The molecule has 0 heterocycles. The highest BCUT2D eigenvalue weighted by Crippen LogP contribution is 2.31. The lowest BCUT2D eigenvalue weighted by Gasteiger charge is -2.26. The normalized spacial score (nSPS) is 16.4. The van der Waals surface area contributed by atoms with Crippen molar-refractivity contribution in [1.29, 1.82) is 0 Å². The lowest BCUT2D eigenvalue weighted by atomic mass is 9.80. The van der Waals surface area contributed by atoms with E-state index in [1.54, 1.807) is 0 Å². The minimum Gasteiger partial charge on any atom is -0.396 e. The van der Waals surface area contributed by atoms with E-state index in [1.807, 2.05) is 0 Å². The molecular formula is C25H52O. The fourth-order valence-electron chi connectivity index (χ4n) is 4.47. The van der Waals surface area contributed by atoms with Gasteiger partial charge in [0.15, 0.2) is 0 Å². The second kappa shape index (κ2) is 18.3. The Kier molecular flexibility index (Phi) is 18.3. The van der Waals surface area contributed by atoms with Crippen molar-refractivity contribution < 1.29 is 5.11 Å². The standard InChI is InChI=1S/C25H52O/c1-6-9-12-16-22(4)24(18-14-11-8-3)19-15-20-25(21-26)23(5)17-13-10-7-2/h22-26H,6-21H2,1-5H3. The predicted molar refractivity (Wildman–Crippen MR) is 119 cm³/mol. The Morgan fingerprint density at radius 3 is 1.35 bits per heavy atom. The SMILES string of the molecule is CCCCCC(C)C(CO)CCCC(CCCCC)C(C)CCCCC. The lowest BCUT2D eigenvalue weighted by Crippen LogP contribution is -2.18. The van der Waals surface area contributed by atoms with E-state index in [0.29, 0.717) is 18.4 Å². The molecule has 0 bridgehead atoms. The molecule has 1 N–H and O–H groups in total. The zero-order valence-electron chi connectivity index (χ0n) is 19.1. The second-order valence-electron chi connectivity index (χ2n) is 9.08. The molecule has 158 valence electrons. The van der Waals surface area contributed by atoms with Gasteiger partial charge in [0.05, 0.1) is 0 Å². The summed E-state index contributed by atoms with van der Waals surface area (Å²) >= 11 is 0. The number of aliphatic hydroxyl groups excluding tert-OH is 1. The summed E-state index contributed by atoms with van der Waals surface area (Å²) in [6, 6.07) is 0. The van der Waals surface area contributed by atoms with Gasteiger partial charge >= 0.3 is 0 Å². The first kappa shape index (κ1) is 26.0. The number of hydrogen-bond acceptors (Lipinski definition) is 1. The molecule has 1 heteroatoms. The molecule has 4 atom stereocenters. The van der Waals surface area contributed by atoms with Crippen LogP contribution in [0.2, 0.25) is 0 Å². The maximum Gasteiger partial charge on any atom is 0.0461 e. The Morgan fingerprint density at radius 2 is 0.885 bits per heavy atom. The summed E-state index contributed by atoms with van der Waals surface area (Å²) in [6.45, 7) is 12.1. The monoisotopic (exact) mass is 368 g/mol. The summed E-state index contributed by atoms with van der Waals surface area (Å²) in [4.78, 5) is 0. The number of hydrogen-bond donors (Lipinski definition) is 1. The molecule has 0 aromatic heterocycles. The van der Waals surface area contributed by atoms with Crippen molar-refractivity contribution in [3.05, 3.63) is 0 Å². The van der Waals surface area contributed by atoms with E-state index >= 15 is 0 Å².